The van der Waals surface area contributed by atoms with Gasteiger partial charge in [0.2, 0.25) is 0 Å². The van der Waals surface area contributed by atoms with Crippen LogP contribution in [0.3, 0.4) is 0 Å². The molecular formula is C11H15N5. The van der Waals surface area contributed by atoms with Crippen molar-refractivity contribution >= 4 is 5.82 Å². The maximum absolute atomic E-state index is 4.16. The van der Waals surface area contributed by atoms with E-state index in [0.717, 1.165) is 36.6 Å². The molecule has 0 aliphatic heterocycles. The van der Waals surface area contributed by atoms with Gasteiger partial charge < -0.3 is 10.3 Å². The van der Waals surface area contributed by atoms with Crippen molar-refractivity contribution < 1.29 is 0 Å². The fourth-order valence-corrected chi connectivity index (χ4v) is 1.43. The summed E-state index contributed by atoms with van der Waals surface area (Å²) in [6, 6.07) is 1.98. The van der Waals surface area contributed by atoms with E-state index in [2.05, 4.69) is 32.2 Å². The minimum Gasteiger partial charge on any atom is -0.370 e. The summed E-state index contributed by atoms with van der Waals surface area (Å²) in [6.07, 6.45) is 6.95. The molecule has 0 saturated heterocycles. The predicted molar refractivity (Wildman–Crippen MR) is 62.2 cm³/mol. The minimum atomic E-state index is 0.836. The molecule has 0 radical (unpaired) electrons. The van der Waals surface area contributed by atoms with Gasteiger partial charge in [-0.25, -0.2) is 15.0 Å². The summed E-state index contributed by atoms with van der Waals surface area (Å²) < 4.78 is 0. The number of anilines is 1. The quantitative estimate of drug-likeness (QED) is 0.794. The summed E-state index contributed by atoms with van der Waals surface area (Å²) in [5.74, 6) is 0.881. The number of imidazole rings is 1. The minimum absolute atomic E-state index is 0.836. The fraction of sp³-hybridized carbons (Fsp3) is 0.364. The van der Waals surface area contributed by atoms with Crippen LogP contribution in [0.2, 0.25) is 0 Å². The summed E-state index contributed by atoms with van der Waals surface area (Å²) in [5, 5.41) is 3.26. The number of rotatable bonds is 5. The van der Waals surface area contributed by atoms with Crippen LogP contribution in [0.5, 0.6) is 0 Å². The number of nitrogens with zero attached hydrogens (tertiary/aromatic N) is 3. The van der Waals surface area contributed by atoms with Crippen molar-refractivity contribution in [3.63, 3.8) is 0 Å². The number of hydrogen-bond donors (Lipinski definition) is 2. The summed E-state index contributed by atoms with van der Waals surface area (Å²) >= 11 is 0. The van der Waals surface area contributed by atoms with Gasteiger partial charge in [-0.1, -0.05) is 6.92 Å². The van der Waals surface area contributed by atoms with Gasteiger partial charge in [0.05, 0.1) is 6.33 Å². The van der Waals surface area contributed by atoms with Crippen LogP contribution in [0, 0.1) is 0 Å². The predicted octanol–water partition coefficient (Wildman–Crippen LogP) is 1.42. The largest absolute Gasteiger partial charge is 0.370 e. The standard InChI is InChI=1S/C11H15N5/c1-2-9-5-11(16-8-15-9)13-4-3-10-6-12-7-14-10/h5-8H,2-4H2,1H3,(H,12,14)(H,13,15,16). The number of nitrogens with one attached hydrogen (secondary N) is 2. The third-order valence-corrected chi connectivity index (χ3v) is 2.34. The Morgan fingerprint density at radius 3 is 3.06 bits per heavy atom. The average Bonchev–Trinajstić information content (AvgIpc) is 2.82. The van der Waals surface area contributed by atoms with Gasteiger partial charge in [-0.3, -0.25) is 0 Å². The zero-order valence-electron chi connectivity index (χ0n) is 9.27. The van der Waals surface area contributed by atoms with E-state index in [4.69, 9.17) is 0 Å². The van der Waals surface area contributed by atoms with Crippen molar-refractivity contribution in [2.24, 2.45) is 0 Å². The van der Waals surface area contributed by atoms with Gasteiger partial charge in [-0.05, 0) is 6.42 Å². The van der Waals surface area contributed by atoms with E-state index in [1.807, 2.05) is 12.3 Å². The molecule has 16 heavy (non-hydrogen) atoms. The number of aromatic amines is 1. The van der Waals surface area contributed by atoms with Crippen molar-refractivity contribution in [2.45, 2.75) is 19.8 Å². The third kappa shape index (κ3) is 2.79. The Morgan fingerprint density at radius 2 is 2.31 bits per heavy atom. The van der Waals surface area contributed by atoms with E-state index in [1.165, 1.54) is 0 Å². The molecule has 0 unspecified atom stereocenters. The lowest BCUT2D eigenvalue weighted by molar-refractivity contribution is 0.949. The van der Waals surface area contributed by atoms with Crippen LogP contribution in [0.15, 0.2) is 24.9 Å². The molecule has 0 bridgehead atoms. The van der Waals surface area contributed by atoms with Crippen LogP contribution in [0.4, 0.5) is 5.82 Å². The van der Waals surface area contributed by atoms with Crippen LogP contribution in [0.25, 0.3) is 0 Å². The first-order valence-corrected chi connectivity index (χ1v) is 5.40. The van der Waals surface area contributed by atoms with Crippen LogP contribution in [-0.4, -0.2) is 26.5 Å². The second-order valence-corrected chi connectivity index (χ2v) is 3.50. The van der Waals surface area contributed by atoms with Crippen molar-refractivity contribution in [3.05, 3.63) is 36.3 Å². The maximum Gasteiger partial charge on any atom is 0.129 e. The molecule has 0 saturated carbocycles. The first-order valence-electron chi connectivity index (χ1n) is 5.40. The first-order chi connectivity index (χ1) is 7.88. The molecule has 2 heterocycles. The Bertz CT molecular complexity index is 424. The van der Waals surface area contributed by atoms with E-state index in [1.54, 1.807) is 12.7 Å². The molecule has 5 heteroatoms. The van der Waals surface area contributed by atoms with Crippen molar-refractivity contribution in [2.75, 3.05) is 11.9 Å². The van der Waals surface area contributed by atoms with Gasteiger partial charge in [0.1, 0.15) is 12.1 Å². The molecule has 2 aromatic heterocycles. The first kappa shape index (κ1) is 10.6. The SMILES string of the molecule is CCc1cc(NCCc2cnc[nH]2)ncn1. The molecule has 2 aromatic rings. The number of H-pyrrole nitrogens is 1. The van der Waals surface area contributed by atoms with E-state index < -0.39 is 0 Å². The van der Waals surface area contributed by atoms with Crippen LogP contribution < -0.4 is 5.32 Å². The molecular weight excluding hydrogens is 202 g/mol. The Kier molecular flexibility index (Phi) is 3.48. The van der Waals surface area contributed by atoms with E-state index in [0.29, 0.717) is 0 Å². The lowest BCUT2D eigenvalue weighted by atomic mass is 10.3. The smallest absolute Gasteiger partial charge is 0.129 e. The normalized spacial score (nSPS) is 10.3. The van der Waals surface area contributed by atoms with Crippen LogP contribution in [-0.2, 0) is 12.8 Å². The summed E-state index contributed by atoms with van der Waals surface area (Å²) in [5.41, 5.74) is 2.18. The molecule has 0 atom stereocenters. The second-order valence-electron chi connectivity index (χ2n) is 3.50. The fourth-order valence-electron chi connectivity index (χ4n) is 1.43. The number of hydrogen-bond acceptors (Lipinski definition) is 4. The van der Waals surface area contributed by atoms with Crippen molar-refractivity contribution in [1.82, 2.24) is 19.9 Å². The highest BCUT2D eigenvalue weighted by Gasteiger charge is 1.97. The van der Waals surface area contributed by atoms with Gasteiger partial charge in [0.25, 0.3) is 0 Å². The monoisotopic (exact) mass is 217 g/mol. The molecule has 0 fully saturated rings. The van der Waals surface area contributed by atoms with Gasteiger partial charge in [0, 0.05) is 36.6 Å². The highest BCUT2D eigenvalue weighted by atomic mass is 15.0. The van der Waals surface area contributed by atoms with Gasteiger partial charge in [0.15, 0.2) is 0 Å². The Morgan fingerprint density at radius 1 is 1.38 bits per heavy atom. The molecule has 2 rings (SSSR count). The molecule has 84 valence electrons. The molecule has 5 nitrogen and oxygen atoms in total. The van der Waals surface area contributed by atoms with E-state index >= 15 is 0 Å². The summed E-state index contributed by atoms with van der Waals surface area (Å²) in [6.45, 7) is 2.92. The second kappa shape index (κ2) is 5.25. The Hall–Kier alpha value is -1.91. The Labute approximate surface area is 94.4 Å². The average molecular weight is 217 g/mol. The summed E-state index contributed by atoms with van der Waals surface area (Å²) in [7, 11) is 0. The molecule has 0 aromatic carbocycles. The van der Waals surface area contributed by atoms with Crippen LogP contribution >= 0.6 is 0 Å². The topological polar surface area (TPSA) is 66.5 Å². The maximum atomic E-state index is 4.16. The number of aromatic nitrogens is 4. The van der Waals surface area contributed by atoms with Gasteiger partial charge in [-0.15, -0.1) is 0 Å². The van der Waals surface area contributed by atoms with Crippen molar-refractivity contribution in [3.8, 4) is 0 Å². The van der Waals surface area contributed by atoms with Crippen LogP contribution in [0.1, 0.15) is 18.3 Å². The Balaban J connectivity index is 1.85. The molecule has 0 aliphatic rings. The molecule has 0 amide bonds. The number of aryl methyl sites for hydroxylation is 1. The summed E-state index contributed by atoms with van der Waals surface area (Å²) in [4.78, 5) is 15.3. The highest BCUT2D eigenvalue weighted by Crippen LogP contribution is 2.04. The molecule has 0 spiro atoms. The zero-order chi connectivity index (χ0) is 11.2. The van der Waals surface area contributed by atoms with Gasteiger partial charge in [-0.2, -0.15) is 0 Å². The van der Waals surface area contributed by atoms with Crippen molar-refractivity contribution in [1.29, 1.82) is 0 Å². The van der Waals surface area contributed by atoms with E-state index in [-0.39, 0.29) is 0 Å². The molecule has 0 aliphatic carbocycles. The lowest BCUT2D eigenvalue weighted by Crippen LogP contribution is -2.07. The third-order valence-electron chi connectivity index (χ3n) is 2.34. The molecule has 2 N–H and O–H groups in total. The van der Waals surface area contributed by atoms with E-state index in [9.17, 15) is 0 Å². The highest BCUT2D eigenvalue weighted by molar-refractivity contribution is 5.34. The van der Waals surface area contributed by atoms with Gasteiger partial charge >= 0.3 is 0 Å². The zero-order valence-corrected chi connectivity index (χ0v) is 9.27. The lowest BCUT2D eigenvalue weighted by Gasteiger charge is -2.05.